The second kappa shape index (κ2) is 7.66. The number of carboxylic acid groups (broad SMARTS) is 1. The molecule has 5 nitrogen and oxygen atoms in total. The molecule has 6 heteroatoms. The van der Waals surface area contributed by atoms with Crippen LogP contribution in [0.3, 0.4) is 0 Å². The number of anilines is 1. The Morgan fingerprint density at radius 1 is 1.21 bits per heavy atom. The Hall–Kier alpha value is -2.79. The average molecular weight is 346 g/mol. The Bertz CT molecular complexity index is 814. The minimum atomic E-state index is -1.17. The first-order valence-electron chi connectivity index (χ1n) is 7.08. The smallest absolute Gasteiger partial charge is 0.337 e. The molecule has 2 rings (SSSR count). The normalized spacial score (nSPS) is 11.0. The van der Waals surface area contributed by atoms with Crippen LogP contribution < -0.4 is 10.1 Å². The molecule has 0 heterocycles. The summed E-state index contributed by atoms with van der Waals surface area (Å²) in [5.74, 6) is -0.938. The van der Waals surface area contributed by atoms with E-state index in [2.05, 4.69) is 5.32 Å². The molecule has 0 aliphatic carbocycles. The Labute approximate surface area is 144 Å². The molecule has 24 heavy (non-hydrogen) atoms. The molecule has 2 N–H and O–H groups in total. The van der Waals surface area contributed by atoms with Gasteiger partial charge >= 0.3 is 5.97 Å². The van der Waals surface area contributed by atoms with Crippen molar-refractivity contribution in [2.75, 3.05) is 12.4 Å². The Morgan fingerprint density at radius 2 is 1.92 bits per heavy atom. The topological polar surface area (TPSA) is 75.6 Å². The number of methoxy groups -OCH3 is 1. The predicted octanol–water partition coefficient (Wildman–Crippen LogP) is 4.09. The standard InChI is InChI=1S/C18H16ClNO4/c1-11(9-12-5-3-4-6-16(12)24-2)17(21)20-15-8-7-13(19)10-14(15)18(22)23/h3-10H,1-2H3,(H,20,21)(H,22,23)/b11-9+. The van der Waals surface area contributed by atoms with Crippen LogP contribution in [0.15, 0.2) is 48.0 Å². The molecule has 2 aromatic carbocycles. The van der Waals surface area contributed by atoms with Gasteiger partial charge in [-0.05, 0) is 37.3 Å². The fourth-order valence-electron chi connectivity index (χ4n) is 2.11. The number of hydrogen-bond donors (Lipinski definition) is 2. The first-order chi connectivity index (χ1) is 11.4. The van der Waals surface area contributed by atoms with E-state index in [0.717, 1.165) is 5.56 Å². The lowest BCUT2D eigenvalue weighted by Crippen LogP contribution is -2.15. The molecule has 0 saturated heterocycles. The second-order valence-corrected chi connectivity index (χ2v) is 5.45. The van der Waals surface area contributed by atoms with Crippen molar-refractivity contribution in [3.05, 3.63) is 64.2 Å². The van der Waals surface area contributed by atoms with Gasteiger partial charge < -0.3 is 15.2 Å². The minimum absolute atomic E-state index is 0.0686. The number of carbonyl (C=O) groups excluding carboxylic acids is 1. The number of rotatable bonds is 5. The maximum absolute atomic E-state index is 12.3. The van der Waals surface area contributed by atoms with Gasteiger partial charge in [-0.3, -0.25) is 4.79 Å². The SMILES string of the molecule is COc1ccccc1/C=C(\C)C(=O)Nc1ccc(Cl)cc1C(=O)O. The summed E-state index contributed by atoms with van der Waals surface area (Å²) in [6, 6.07) is 11.5. The van der Waals surface area contributed by atoms with Crippen molar-refractivity contribution >= 4 is 35.2 Å². The highest BCUT2D eigenvalue weighted by atomic mass is 35.5. The van der Waals surface area contributed by atoms with E-state index < -0.39 is 11.9 Å². The highest BCUT2D eigenvalue weighted by Gasteiger charge is 2.14. The van der Waals surface area contributed by atoms with Gasteiger partial charge in [0.2, 0.25) is 0 Å². The monoisotopic (exact) mass is 345 g/mol. The first-order valence-corrected chi connectivity index (χ1v) is 7.45. The fraction of sp³-hybridized carbons (Fsp3) is 0.111. The fourth-order valence-corrected chi connectivity index (χ4v) is 2.28. The quantitative estimate of drug-likeness (QED) is 0.800. The van der Waals surface area contributed by atoms with Crippen LogP contribution in [-0.4, -0.2) is 24.1 Å². The summed E-state index contributed by atoms with van der Waals surface area (Å²) in [5, 5.41) is 12.1. The van der Waals surface area contributed by atoms with Crippen LogP contribution in [0.4, 0.5) is 5.69 Å². The van der Waals surface area contributed by atoms with Crippen LogP contribution in [0, 0.1) is 0 Å². The highest BCUT2D eigenvalue weighted by Crippen LogP contribution is 2.23. The lowest BCUT2D eigenvalue weighted by molar-refractivity contribution is -0.112. The molecule has 0 atom stereocenters. The van der Waals surface area contributed by atoms with Crippen molar-refractivity contribution in [3.8, 4) is 5.75 Å². The van der Waals surface area contributed by atoms with Gasteiger partial charge in [0.25, 0.3) is 5.91 Å². The zero-order valence-corrected chi connectivity index (χ0v) is 13.9. The van der Waals surface area contributed by atoms with Gasteiger partial charge in [0.15, 0.2) is 0 Å². The van der Waals surface area contributed by atoms with E-state index in [1.54, 1.807) is 26.2 Å². The number of aromatic carboxylic acids is 1. The molecule has 0 radical (unpaired) electrons. The zero-order chi connectivity index (χ0) is 17.7. The number of nitrogens with one attached hydrogen (secondary N) is 1. The molecular weight excluding hydrogens is 330 g/mol. The number of amides is 1. The van der Waals surface area contributed by atoms with E-state index in [4.69, 9.17) is 16.3 Å². The van der Waals surface area contributed by atoms with Crippen LogP contribution in [0.1, 0.15) is 22.8 Å². The third-order valence-electron chi connectivity index (χ3n) is 3.33. The van der Waals surface area contributed by atoms with Gasteiger partial charge in [-0.2, -0.15) is 0 Å². The summed E-state index contributed by atoms with van der Waals surface area (Å²) in [4.78, 5) is 23.6. The lowest BCUT2D eigenvalue weighted by atomic mass is 10.1. The van der Waals surface area contributed by atoms with E-state index in [-0.39, 0.29) is 16.3 Å². The van der Waals surface area contributed by atoms with Crippen molar-refractivity contribution in [3.63, 3.8) is 0 Å². The average Bonchev–Trinajstić information content (AvgIpc) is 2.56. The highest BCUT2D eigenvalue weighted by molar-refractivity contribution is 6.31. The molecule has 0 aliphatic heterocycles. The van der Waals surface area contributed by atoms with Crippen LogP contribution in [0.2, 0.25) is 5.02 Å². The number of halogens is 1. The third kappa shape index (κ3) is 4.14. The zero-order valence-electron chi connectivity index (χ0n) is 13.2. The van der Waals surface area contributed by atoms with Gasteiger partial charge in [-0.25, -0.2) is 4.79 Å². The molecule has 0 fully saturated rings. The van der Waals surface area contributed by atoms with E-state index in [9.17, 15) is 14.7 Å². The van der Waals surface area contributed by atoms with Crippen LogP contribution in [0.5, 0.6) is 5.75 Å². The van der Waals surface area contributed by atoms with Crippen molar-refractivity contribution in [1.82, 2.24) is 0 Å². The van der Waals surface area contributed by atoms with E-state index in [1.807, 2.05) is 18.2 Å². The summed E-state index contributed by atoms with van der Waals surface area (Å²) in [6.45, 7) is 1.64. The molecule has 2 aromatic rings. The summed E-state index contributed by atoms with van der Waals surface area (Å²) in [6.07, 6.45) is 1.67. The summed E-state index contributed by atoms with van der Waals surface area (Å²) in [7, 11) is 1.55. The van der Waals surface area contributed by atoms with Crippen molar-refractivity contribution in [1.29, 1.82) is 0 Å². The molecule has 0 aliphatic rings. The Morgan fingerprint density at radius 3 is 2.58 bits per heavy atom. The number of para-hydroxylation sites is 1. The molecule has 0 unspecified atom stereocenters. The number of ether oxygens (including phenoxy) is 1. The van der Waals surface area contributed by atoms with Crippen LogP contribution >= 0.6 is 11.6 Å². The van der Waals surface area contributed by atoms with E-state index in [0.29, 0.717) is 11.3 Å². The summed E-state index contributed by atoms with van der Waals surface area (Å²) < 4.78 is 5.24. The molecule has 0 aromatic heterocycles. The second-order valence-electron chi connectivity index (χ2n) is 5.02. The van der Waals surface area contributed by atoms with E-state index in [1.165, 1.54) is 18.2 Å². The maximum Gasteiger partial charge on any atom is 0.337 e. The van der Waals surface area contributed by atoms with Gasteiger partial charge in [0.1, 0.15) is 5.75 Å². The predicted molar refractivity (Wildman–Crippen MR) is 93.7 cm³/mol. The summed E-state index contributed by atoms with van der Waals surface area (Å²) >= 11 is 5.80. The summed E-state index contributed by atoms with van der Waals surface area (Å²) in [5.41, 5.74) is 1.28. The molecular formula is C18H16ClNO4. The van der Waals surface area contributed by atoms with Gasteiger partial charge in [-0.15, -0.1) is 0 Å². The Balaban J connectivity index is 2.27. The van der Waals surface area contributed by atoms with Crippen molar-refractivity contribution in [2.45, 2.75) is 6.92 Å². The van der Waals surface area contributed by atoms with Crippen molar-refractivity contribution < 1.29 is 19.4 Å². The third-order valence-corrected chi connectivity index (χ3v) is 3.56. The molecule has 0 saturated carbocycles. The number of carboxylic acids is 1. The Kier molecular flexibility index (Phi) is 5.60. The first kappa shape index (κ1) is 17.6. The number of carbonyl (C=O) groups is 2. The number of hydrogen-bond acceptors (Lipinski definition) is 3. The maximum atomic E-state index is 12.3. The number of benzene rings is 2. The van der Waals surface area contributed by atoms with Gasteiger partial charge in [0.05, 0.1) is 18.4 Å². The molecule has 0 bridgehead atoms. The lowest BCUT2D eigenvalue weighted by Gasteiger charge is -2.10. The van der Waals surface area contributed by atoms with Crippen LogP contribution in [0.25, 0.3) is 6.08 Å². The van der Waals surface area contributed by atoms with Crippen LogP contribution in [-0.2, 0) is 4.79 Å². The minimum Gasteiger partial charge on any atom is -0.496 e. The van der Waals surface area contributed by atoms with Crippen molar-refractivity contribution in [2.24, 2.45) is 0 Å². The largest absolute Gasteiger partial charge is 0.496 e. The van der Waals surface area contributed by atoms with E-state index >= 15 is 0 Å². The van der Waals surface area contributed by atoms with Gasteiger partial charge in [-0.1, -0.05) is 29.8 Å². The molecule has 0 spiro atoms. The molecule has 1 amide bonds. The van der Waals surface area contributed by atoms with Gasteiger partial charge in [0, 0.05) is 16.2 Å². The molecule has 124 valence electrons.